The number of anilines is 2. The van der Waals surface area contributed by atoms with E-state index < -0.39 is 0 Å². The minimum atomic E-state index is -0.208. The summed E-state index contributed by atoms with van der Waals surface area (Å²) in [5.74, 6) is 1.71. The Hall–Kier alpha value is -2.51. The summed E-state index contributed by atoms with van der Waals surface area (Å²) in [5, 5.41) is 4.43. The lowest BCUT2D eigenvalue weighted by atomic mass is 9.84. The van der Waals surface area contributed by atoms with E-state index in [1.165, 1.54) is 0 Å². The van der Waals surface area contributed by atoms with Crippen molar-refractivity contribution >= 4 is 52.5 Å². The second-order valence-electron chi connectivity index (χ2n) is 8.59. The topological polar surface area (TPSA) is 70.5 Å². The molecule has 9 heteroatoms. The number of amides is 2. The Kier molecular flexibility index (Phi) is 6.23. The molecule has 1 aromatic heterocycles. The lowest BCUT2D eigenvalue weighted by molar-refractivity contribution is -0.121. The Bertz CT molecular complexity index is 1090. The molecule has 1 fully saturated rings. The van der Waals surface area contributed by atoms with E-state index in [-0.39, 0.29) is 23.8 Å². The van der Waals surface area contributed by atoms with Crippen molar-refractivity contribution in [3.63, 3.8) is 0 Å². The first-order valence-electron chi connectivity index (χ1n) is 10.7. The first-order chi connectivity index (χ1) is 15.2. The Balaban J connectivity index is 1.55. The first-order valence-corrected chi connectivity index (χ1v) is 11.4. The second-order valence-corrected chi connectivity index (χ2v) is 9.41. The van der Waals surface area contributed by atoms with Gasteiger partial charge < -0.3 is 9.88 Å². The van der Waals surface area contributed by atoms with Crippen LogP contribution in [0.4, 0.5) is 16.6 Å². The summed E-state index contributed by atoms with van der Waals surface area (Å²) in [6.45, 7) is 6.20. The standard InChI is InChI=1S/C23H27Cl2N5O2/c1-13-20-21(27-22(28(20)3)26-17-8-6-16(7-9-17)14(2)31)29(4)23(32)30(13)12-15-5-10-18(24)19(25)11-15/h5,10-11,16-17H,1,6-9,12H2,2-4H3,(H,26,27). The van der Waals surface area contributed by atoms with Crippen molar-refractivity contribution in [3.05, 3.63) is 46.1 Å². The molecule has 0 bridgehead atoms. The van der Waals surface area contributed by atoms with Gasteiger partial charge in [0.25, 0.3) is 0 Å². The highest BCUT2D eigenvalue weighted by Gasteiger charge is 2.36. The van der Waals surface area contributed by atoms with Crippen LogP contribution in [-0.2, 0) is 18.4 Å². The third-order valence-corrected chi connectivity index (χ3v) is 7.21. The van der Waals surface area contributed by atoms with Gasteiger partial charge >= 0.3 is 6.03 Å². The molecule has 7 nitrogen and oxygen atoms in total. The number of hydrogen-bond acceptors (Lipinski definition) is 4. The van der Waals surface area contributed by atoms with E-state index >= 15 is 0 Å². The minimum Gasteiger partial charge on any atom is -0.353 e. The van der Waals surface area contributed by atoms with Crippen LogP contribution in [0.25, 0.3) is 5.70 Å². The summed E-state index contributed by atoms with van der Waals surface area (Å²) in [6.07, 6.45) is 3.61. The third kappa shape index (κ3) is 4.11. The van der Waals surface area contributed by atoms with E-state index in [0.717, 1.165) is 36.9 Å². The van der Waals surface area contributed by atoms with Crippen molar-refractivity contribution in [1.82, 2.24) is 14.5 Å². The van der Waals surface area contributed by atoms with Gasteiger partial charge in [0.15, 0.2) is 5.82 Å². The zero-order chi connectivity index (χ0) is 23.2. The summed E-state index contributed by atoms with van der Waals surface area (Å²) >= 11 is 12.2. The predicted octanol–water partition coefficient (Wildman–Crippen LogP) is 5.33. The maximum Gasteiger partial charge on any atom is 0.330 e. The lowest BCUT2D eigenvalue weighted by Crippen LogP contribution is -2.44. The van der Waals surface area contributed by atoms with E-state index in [0.29, 0.717) is 34.1 Å². The van der Waals surface area contributed by atoms with Crippen molar-refractivity contribution < 1.29 is 9.59 Å². The predicted molar refractivity (Wildman–Crippen MR) is 128 cm³/mol. The highest BCUT2D eigenvalue weighted by atomic mass is 35.5. The molecule has 170 valence electrons. The highest BCUT2D eigenvalue weighted by Crippen LogP contribution is 2.37. The van der Waals surface area contributed by atoms with Crippen LogP contribution in [-0.4, -0.2) is 39.4 Å². The van der Waals surface area contributed by atoms with E-state index in [4.69, 9.17) is 28.2 Å². The number of nitrogens with zero attached hydrogens (tertiary/aromatic N) is 4. The molecule has 1 N–H and O–H groups in total. The maximum atomic E-state index is 13.1. The fourth-order valence-corrected chi connectivity index (χ4v) is 4.82. The molecule has 4 rings (SSSR count). The number of rotatable bonds is 5. The molecule has 0 radical (unpaired) electrons. The number of urea groups is 1. The molecule has 0 spiro atoms. The van der Waals surface area contributed by atoms with Gasteiger partial charge in [-0.15, -0.1) is 0 Å². The second kappa shape index (κ2) is 8.79. The number of carbonyl (C=O) groups is 2. The van der Waals surface area contributed by atoms with Gasteiger partial charge in [-0.25, -0.2) is 4.79 Å². The number of hydrogen-bond donors (Lipinski definition) is 1. The number of nitrogens with one attached hydrogen (secondary N) is 1. The van der Waals surface area contributed by atoms with Crippen molar-refractivity contribution in [2.45, 2.75) is 45.2 Å². The zero-order valence-corrected chi connectivity index (χ0v) is 20.0. The van der Waals surface area contributed by atoms with Gasteiger partial charge in [0.05, 0.1) is 22.3 Å². The van der Waals surface area contributed by atoms with Gasteiger partial charge in [-0.3, -0.25) is 14.6 Å². The van der Waals surface area contributed by atoms with Gasteiger partial charge in [-0.05, 0) is 50.3 Å². The van der Waals surface area contributed by atoms with Crippen molar-refractivity contribution in [3.8, 4) is 0 Å². The third-order valence-electron chi connectivity index (χ3n) is 6.47. The van der Waals surface area contributed by atoms with Crippen LogP contribution in [0.5, 0.6) is 0 Å². The van der Waals surface area contributed by atoms with Crippen LogP contribution in [0, 0.1) is 5.92 Å². The minimum absolute atomic E-state index is 0.168. The average molecular weight is 476 g/mol. The molecule has 0 atom stereocenters. The van der Waals surface area contributed by atoms with Crippen molar-refractivity contribution in [2.75, 3.05) is 17.3 Å². The number of ketones is 1. The van der Waals surface area contributed by atoms with Gasteiger partial charge in [0, 0.05) is 26.1 Å². The number of imidazole rings is 1. The van der Waals surface area contributed by atoms with Crippen LogP contribution >= 0.6 is 23.2 Å². The number of Topliss-reactive ketones (excluding diaryl/α,β-unsaturated/α-hetero) is 1. The molecule has 2 heterocycles. The quantitative estimate of drug-likeness (QED) is 0.634. The Morgan fingerprint density at radius 3 is 2.50 bits per heavy atom. The number of aromatic nitrogens is 2. The van der Waals surface area contributed by atoms with Crippen LogP contribution in [0.2, 0.25) is 10.0 Å². The largest absolute Gasteiger partial charge is 0.353 e. The molecule has 2 aliphatic rings. The molecule has 1 saturated carbocycles. The van der Waals surface area contributed by atoms with Gasteiger partial charge in [-0.1, -0.05) is 35.8 Å². The van der Waals surface area contributed by atoms with Crippen molar-refractivity contribution in [2.24, 2.45) is 13.0 Å². The Morgan fingerprint density at radius 2 is 1.88 bits per heavy atom. The number of carbonyl (C=O) groups excluding carboxylic acids is 2. The molecular formula is C23H27Cl2N5O2. The molecule has 1 aromatic carbocycles. The molecular weight excluding hydrogens is 449 g/mol. The van der Waals surface area contributed by atoms with E-state index in [1.807, 2.05) is 17.7 Å². The average Bonchev–Trinajstić information content (AvgIpc) is 3.09. The Morgan fingerprint density at radius 1 is 1.19 bits per heavy atom. The van der Waals surface area contributed by atoms with E-state index in [9.17, 15) is 9.59 Å². The van der Waals surface area contributed by atoms with Gasteiger partial charge in [-0.2, -0.15) is 4.98 Å². The molecule has 1 aliphatic heterocycles. The summed E-state index contributed by atoms with van der Waals surface area (Å²) < 4.78 is 1.94. The normalized spacial score (nSPS) is 21.0. The molecule has 0 unspecified atom stereocenters. The fourth-order valence-electron chi connectivity index (χ4n) is 4.50. The van der Waals surface area contributed by atoms with Crippen LogP contribution in [0.3, 0.4) is 0 Å². The number of halogens is 2. The number of benzene rings is 1. The monoisotopic (exact) mass is 475 g/mol. The Labute approximate surface area is 198 Å². The van der Waals surface area contributed by atoms with Crippen LogP contribution in [0.1, 0.15) is 43.9 Å². The van der Waals surface area contributed by atoms with Crippen LogP contribution in [0.15, 0.2) is 24.8 Å². The van der Waals surface area contributed by atoms with Gasteiger partial charge in [0.1, 0.15) is 11.5 Å². The zero-order valence-electron chi connectivity index (χ0n) is 18.5. The van der Waals surface area contributed by atoms with E-state index in [2.05, 4.69) is 11.9 Å². The van der Waals surface area contributed by atoms with E-state index in [1.54, 1.807) is 35.9 Å². The van der Waals surface area contributed by atoms with Crippen LogP contribution < -0.4 is 10.2 Å². The maximum absolute atomic E-state index is 13.1. The van der Waals surface area contributed by atoms with Gasteiger partial charge in [0.2, 0.25) is 5.95 Å². The summed E-state index contributed by atoms with van der Waals surface area (Å²) in [6, 6.07) is 5.36. The molecule has 32 heavy (non-hydrogen) atoms. The summed E-state index contributed by atoms with van der Waals surface area (Å²) in [5.41, 5.74) is 2.22. The number of fused-ring (bicyclic) bond motifs is 1. The lowest BCUT2D eigenvalue weighted by Gasteiger charge is -2.34. The summed E-state index contributed by atoms with van der Waals surface area (Å²) in [7, 11) is 3.63. The molecule has 2 amide bonds. The SMILES string of the molecule is C=C1c2c(nc(NC3CCC(C(C)=O)CC3)n2C)N(C)C(=O)N1Cc1ccc(Cl)c(Cl)c1. The molecule has 1 aliphatic carbocycles. The molecule has 2 aromatic rings. The molecule has 0 saturated heterocycles. The highest BCUT2D eigenvalue weighted by molar-refractivity contribution is 6.42. The van der Waals surface area contributed by atoms with Crippen molar-refractivity contribution in [1.29, 1.82) is 0 Å². The smallest absolute Gasteiger partial charge is 0.330 e. The first kappa shape index (κ1) is 22.7. The fraction of sp³-hybridized carbons (Fsp3) is 0.435. The summed E-state index contributed by atoms with van der Waals surface area (Å²) in [4.78, 5) is 32.6.